The second-order valence-electron chi connectivity index (χ2n) is 32.1. The molecule has 0 fully saturated rings. The molecule has 136 heavy (non-hydrogen) atoms. The number of allylic oxidation sites excluding steroid dienone is 3. The first-order valence-corrected chi connectivity index (χ1v) is 58.3. The van der Waals surface area contributed by atoms with E-state index in [4.69, 9.17) is 9.47 Å². The van der Waals surface area contributed by atoms with Crippen LogP contribution in [0.2, 0.25) is 0 Å². The van der Waals surface area contributed by atoms with E-state index in [0.29, 0.717) is 11.8 Å². The largest absolute Gasteiger partial charge is 0.0622 e. The van der Waals surface area contributed by atoms with Gasteiger partial charge in [0.25, 0.3) is 0 Å². The Balaban J connectivity index is 0.000000165. The molecule has 0 aliphatic carbocycles. The summed E-state index contributed by atoms with van der Waals surface area (Å²) in [5, 5.41) is 16.8. The average Bonchev–Trinajstić information content (AvgIpc) is 0.828. The minimum absolute atomic E-state index is 0. The van der Waals surface area contributed by atoms with Crippen LogP contribution in [0.25, 0.3) is 0 Å². The maximum Gasteiger partial charge on any atom is -0.0134 e. The van der Waals surface area contributed by atoms with Crippen molar-refractivity contribution in [2.75, 3.05) is 0 Å². The summed E-state index contributed by atoms with van der Waals surface area (Å²) in [5.74, 6) is 3.94. The van der Waals surface area contributed by atoms with Gasteiger partial charge in [-0.25, -0.2) is 4.39 Å². The maximum atomic E-state index is 14.8. The molecule has 12 heteroatoms. The second-order valence-corrected chi connectivity index (χ2v) is 41.7. The summed E-state index contributed by atoms with van der Waals surface area (Å²) in [6.45, 7) is 16.4. The summed E-state index contributed by atoms with van der Waals surface area (Å²) in [7, 11) is -1.78. The Morgan fingerprint density at radius 1 is 0.272 bits per heavy atom. The van der Waals surface area contributed by atoms with Crippen LogP contribution in [0.3, 0.4) is 0 Å². The van der Waals surface area contributed by atoms with Crippen LogP contribution >= 0.6 is 61.2 Å². The van der Waals surface area contributed by atoms with Crippen molar-refractivity contribution in [1.29, 1.82) is 0 Å². The molecule has 0 heterocycles. The van der Waals surface area contributed by atoms with Crippen LogP contribution < -0.4 is 73.1 Å². The molecule has 0 bridgehead atoms. The van der Waals surface area contributed by atoms with E-state index in [0.717, 1.165) is 45.3 Å². The van der Waals surface area contributed by atoms with Crippen LogP contribution in [0.5, 0.6) is 23.0 Å². The monoisotopic (exact) mass is 2120 g/mol. The third-order valence-electron chi connectivity index (χ3n) is 21.3. The number of rotatable bonds is 24. The van der Waals surface area contributed by atoms with Crippen molar-refractivity contribution >= 4 is 125 Å². The molecular formula is C124H114Br2F2O2P4PdZn. The number of benzene rings is 18. The van der Waals surface area contributed by atoms with Crippen molar-refractivity contribution in [1.82, 2.24) is 0 Å². The topological polar surface area (TPSA) is 18.5 Å². The van der Waals surface area contributed by atoms with Crippen LogP contribution in [-0.2, 0) is 43.2 Å². The van der Waals surface area contributed by atoms with Crippen molar-refractivity contribution in [3.8, 4) is 23.0 Å². The fourth-order valence-corrected chi connectivity index (χ4v) is 24.3. The predicted molar refractivity (Wildman–Crippen MR) is 588 cm³/mol. The fourth-order valence-electron chi connectivity index (χ4n) is 14.8. The van der Waals surface area contributed by atoms with Gasteiger partial charge in [-0.3, -0.25) is 0 Å². The molecule has 0 aromatic heterocycles. The molecule has 18 aromatic rings. The van der Waals surface area contributed by atoms with Crippen LogP contribution in [0, 0.1) is 32.6 Å². The first-order chi connectivity index (χ1) is 66.2. The summed E-state index contributed by atoms with van der Waals surface area (Å²) < 4.78 is 38.9. The predicted octanol–water partition coefficient (Wildman–Crippen LogP) is 30.8. The van der Waals surface area contributed by atoms with Crippen molar-refractivity contribution < 1.29 is 55.0 Å². The van der Waals surface area contributed by atoms with Gasteiger partial charge in [-0.2, -0.15) is 22.9 Å². The van der Waals surface area contributed by atoms with Gasteiger partial charge in [0.1, 0.15) is 23.1 Å². The molecule has 0 aliphatic heterocycles. The van der Waals surface area contributed by atoms with Crippen LogP contribution in [0.4, 0.5) is 8.78 Å². The number of para-hydroxylation sites is 2. The van der Waals surface area contributed by atoms with Crippen molar-refractivity contribution in [3.05, 3.63) is 585 Å². The molecule has 2 atom stereocenters. The Morgan fingerprint density at radius 2 is 0.471 bits per heavy atom. The Hall–Kier alpha value is -11.3. The van der Waals surface area contributed by atoms with Gasteiger partial charge in [0.15, 0.2) is 4.74 Å². The van der Waals surface area contributed by atoms with Gasteiger partial charge in [-0.1, -0.05) is 500 Å². The summed E-state index contributed by atoms with van der Waals surface area (Å²) in [5.41, 5.74) is 6.60. The molecule has 0 saturated heterocycles. The Bertz CT molecular complexity index is 5480. The normalized spacial score (nSPS) is 11.2. The smallest absolute Gasteiger partial charge is 0.0134 e. The quantitative estimate of drug-likeness (QED) is 0.0341. The molecule has 2 unspecified atom stereocenters. The molecular weight excluding hydrogens is 2010 g/mol. The molecule has 0 amide bonds. The van der Waals surface area contributed by atoms with E-state index in [2.05, 4.69) is 491 Å². The minimum atomic E-state index is -0.446. The van der Waals surface area contributed by atoms with E-state index in [1.54, 1.807) is 12.2 Å². The second kappa shape index (κ2) is 60.4. The standard InChI is InChI=1S/C26H27FO.4C18H15P.C13H16BrF.C13H11O.BrH.Pd.Zn/c1-19(2)26(22-14-12-20(3)13-15-22)18-23(27)16-21-8-7-11-25(17-21)28-24-9-5-4-6-10-24;4*1-4-10-16(11-5-1)19(17-12-6-2-7-13-17)18-14-8-3-9-15-18;1-9(2)12(8-13(14)15)11-6-4-10(3)5-7-11;1-11-6-5-9-13(10-11)14-12-7-3-2-4-8-12;;;/h4-15,17-19,26H,16H2,1-3H3;4*1-15H;4-9,12H,1-3H3;2-10H,1H2;1H;;/q;;;;;;-1;;;+2/p-1/b23-18-;;;;;;;;;. The van der Waals surface area contributed by atoms with Gasteiger partial charge in [0.05, 0.1) is 5.75 Å². The molecule has 0 spiro atoms. The Morgan fingerprint density at radius 3 is 0.684 bits per heavy atom. The molecule has 2 nitrogen and oxygen atoms in total. The molecule has 0 aliphatic rings. The van der Waals surface area contributed by atoms with E-state index in [1.165, 1.54) is 91.1 Å². The van der Waals surface area contributed by atoms with E-state index in [9.17, 15) is 8.78 Å². The van der Waals surface area contributed by atoms with Gasteiger partial charge in [-0.15, -0.1) is 12.1 Å². The van der Waals surface area contributed by atoms with Gasteiger partial charge in [0, 0.05) is 38.7 Å². The Labute approximate surface area is 851 Å². The summed E-state index contributed by atoms with van der Waals surface area (Å²) in [4.78, 5) is 0. The molecule has 18 rings (SSSR count). The number of hydrogen-bond donors (Lipinski definition) is 0. The summed E-state index contributed by atoms with van der Waals surface area (Å²) in [6, 6.07) is 181. The van der Waals surface area contributed by atoms with E-state index >= 15 is 0 Å². The third-order valence-corrected chi connectivity index (χ3v) is 31.4. The van der Waals surface area contributed by atoms with Gasteiger partial charge >= 0.3 is 30.0 Å². The van der Waals surface area contributed by atoms with Gasteiger partial charge in [-0.05, 0) is 208 Å². The molecule has 0 saturated carbocycles. The summed E-state index contributed by atoms with van der Waals surface area (Å²) >= 11 is 7.10. The van der Waals surface area contributed by atoms with Crippen molar-refractivity contribution in [2.24, 2.45) is 11.8 Å². The molecule has 0 radical (unpaired) electrons. The van der Waals surface area contributed by atoms with Crippen molar-refractivity contribution in [2.45, 2.75) is 59.8 Å². The number of aryl methyl sites for hydroxylation is 2. The maximum absolute atomic E-state index is 14.8. The number of halogens is 4. The first-order valence-electron chi connectivity index (χ1n) is 45.2. The van der Waals surface area contributed by atoms with Crippen LogP contribution in [-0.4, -0.2) is 0 Å². The van der Waals surface area contributed by atoms with Crippen molar-refractivity contribution in [3.63, 3.8) is 0 Å². The first kappa shape index (κ1) is 107. The molecule has 0 N–H and O–H groups in total. The SMILES string of the molecule is Cc1ccc(C(/C=C(\F)Cc2cccc(Oc3ccccc3)c2)C(C)C)cc1.Cc1ccc(C(C=C(F)Br)C(C)C)cc1.[CH2-]c1cccc(Oc2ccccc2)c1.[Pd].[Zn+][Br].c1ccc(P(c2ccccc2)c2ccccc2)cc1.c1ccc(P(c2ccccc2)c2ccccc2)cc1.c1ccc(P(c2ccccc2)c2ccccc2)cc1.c1ccc(P(c2ccccc2)c2ccccc2)cc1. The van der Waals surface area contributed by atoms with E-state index in [1.807, 2.05) is 109 Å². The van der Waals surface area contributed by atoms with Crippen LogP contribution in [0.1, 0.15) is 72.9 Å². The zero-order valence-electron chi connectivity index (χ0n) is 77.7. The van der Waals surface area contributed by atoms with E-state index < -0.39 is 31.7 Å². The van der Waals surface area contributed by atoms with E-state index in [-0.39, 0.29) is 49.2 Å². The summed E-state index contributed by atoms with van der Waals surface area (Å²) in [6.07, 6.45) is 3.65. The number of ether oxygens (including phenoxy) is 2. The van der Waals surface area contributed by atoms with Gasteiger partial charge in [0.2, 0.25) is 0 Å². The zero-order chi connectivity index (χ0) is 94.8. The molecule has 18 aromatic carbocycles. The van der Waals surface area contributed by atoms with Gasteiger partial charge < -0.3 is 9.47 Å². The van der Waals surface area contributed by atoms with Crippen LogP contribution in [0.15, 0.2) is 544 Å². The molecule has 682 valence electrons. The Kier molecular flexibility index (Phi) is 47.4. The zero-order valence-corrected chi connectivity index (χ0v) is 88.9. The average molecular weight is 2130 g/mol. The fraction of sp³-hybridized carbons (Fsp3) is 0.0887. The number of hydrogen-bond acceptors (Lipinski definition) is 2. The third kappa shape index (κ3) is 36.0. The minimum Gasteiger partial charge on any atom is -0.0622 e.